The Labute approximate surface area is 87.0 Å². The predicted octanol–water partition coefficient (Wildman–Crippen LogP) is 2.49. The van der Waals surface area contributed by atoms with E-state index in [2.05, 4.69) is 4.74 Å². The Morgan fingerprint density at radius 1 is 1.20 bits per heavy atom. The van der Waals surface area contributed by atoms with Gasteiger partial charge in [-0.15, -0.1) is 0 Å². The average molecular weight is 213 g/mol. The molecule has 0 atom stereocenters. The highest BCUT2D eigenvalue weighted by atomic mass is 19.3. The highest BCUT2D eigenvalue weighted by molar-refractivity contribution is 5.30. The molecule has 0 aliphatic heterocycles. The van der Waals surface area contributed by atoms with E-state index in [-0.39, 0.29) is 5.75 Å². The lowest BCUT2D eigenvalue weighted by Gasteiger charge is -2.32. The standard InChI is InChI=1S/C11H13F2NO/c12-11(13)15-10-3-1-7(2-4-10)8-5-9(14)6-8/h1-4,8-9,11H,5-6,14H2. The Morgan fingerprint density at radius 2 is 1.80 bits per heavy atom. The summed E-state index contributed by atoms with van der Waals surface area (Å²) in [6, 6.07) is 7.10. The summed E-state index contributed by atoms with van der Waals surface area (Å²) in [5.41, 5.74) is 6.83. The number of ether oxygens (including phenoxy) is 1. The predicted molar refractivity (Wildman–Crippen MR) is 53.0 cm³/mol. The molecule has 1 aliphatic carbocycles. The highest BCUT2D eigenvalue weighted by Gasteiger charge is 2.26. The third-order valence-electron chi connectivity index (χ3n) is 2.75. The van der Waals surface area contributed by atoms with Gasteiger partial charge < -0.3 is 10.5 Å². The van der Waals surface area contributed by atoms with Gasteiger partial charge in [0.05, 0.1) is 0 Å². The van der Waals surface area contributed by atoms with Crippen LogP contribution in [0.25, 0.3) is 0 Å². The first-order chi connectivity index (χ1) is 7.15. The average Bonchev–Trinajstić information content (AvgIpc) is 2.14. The topological polar surface area (TPSA) is 35.2 Å². The zero-order valence-electron chi connectivity index (χ0n) is 8.20. The Hall–Kier alpha value is -1.16. The van der Waals surface area contributed by atoms with Gasteiger partial charge in [0.1, 0.15) is 5.75 Å². The van der Waals surface area contributed by atoms with Gasteiger partial charge in [-0.3, -0.25) is 0 Å². The second-order valence-electron chi connectivity index (χ2n) is 3.88. The van der Waals surface area contributed by atoms with Gasteiger partial charge in [-0.25, -0.2) is 0 Å². The quantitative estimate of drug-likeness (QED) is 0.837. The maximum atomic E-state index is 11.9. The van der Waals surface area contributed by atoms with E-state index in [4.69, 9.17) is 5.73 Å². The molecule has 0 saturated heterocycles. The van der Waals surface area contributed by atoms with E-state index in [1.807, 2.05) is 12.1 Å². The number of hydrogen-bond donors (Lipinski definition) is 1. The van der Waals surface area contributed by atoms with Crippen LogP contribution in [0.5, 0.6) is 5.75 Å². The summed E-state index contributed by atoms with van der Waals surface area (Å²) in [6.45, 7) is -2.76. The first-order valence-electron chi connectivity index (χ1n) is 4.95. The van der Waals surface area contributed by atoms with Crippen molar-refractivity contribution < 1.29 is 13.5 Å². The monoisotopic (exact) mass is 213 g/mol. The van der Waals surface area contributed by atoms with Crippen LogP contribution in [0.1, 0.15) is 24.3 Å². The Bertz CT molecular complexity index is 320. The number of benzene rings is 1. The summed E-state index contributed by atoms with van der Waals surface area (Å²) >= 11 is 0. The summed E-state index contributed by atoms with van der Waals surface area (Å²) in [5.74, 6) is 0.693. The molecular weight excluding hydrogens is 200 g/mol. The van der Waals surface area contributed by atoms with Crippen LogP contribution < -0.4 is 10.5 Å². The minimum Gasteiger partial charge on any atom is -0.435 e. The van der Waals surface area contributed by atoms with E-state index in [9.17, 15) is 8.78 Å². The molecule has 15 heavy (non-hydrogen) atoms. The largest absolute Gasteiger partial charge is 0.435 e. The first kappa shape index (κ1) is 10.4. The maximum absolute atomic E-state index is 11.9. The molecule has 82 valence electrons. The van der Waals surface area contributed by atoms with Crippen LogP contribution in [0, 0.1) is 0 Å². The van der Waals surface area contributed by atoms with E-state index in [1.54, 1.807) is 12.1 Å². The molecule has 1 fully saturated rings. The summed E-state index contributed by atoms with van der Waals surface area (Å²) < 4.78 is 28.0. The minimum atomic E-state index is -2.76. The lowest BCUT2D eigenvalue weighted by Crippen LogP contribution is -2.34. The van der Waals surface area contributed by atoms with Gasteiger partial charge in [0, 0.05) is 6.04 Å². The number of rotatable bonds is 3. The van der Waals surface area contributed by atoms with Gasteiger partial charge in [-0.2, -0.15) is 8.78 Å². The van der Waals surface area contributed by atoms with E-state index in [1.165, 1.54) is 0 Å². The summed E-state index contributed by atoms with van der Waals surface area (Å²) in [5, 5.41) is 0. The second kappa shape index (κ2) is 4.14. The van der Waals surface area contributed by atoms with E-state index >= 15 is 0 Å². The van der Waals surface area contributed by atoms with Crippen molar-refractivity contribution in [3.8, 4) is 5.75 Å². The normalized spacial score (nSPS) is 25.1. The molecule has 1 aromatic rings. The molecule has 0 aromatic heterocycles. The van der Waals surface area contributed by atoms with Crippen molar-refractivity contribution in [2.24, 2.45) is 5.73 Å². The Balaban J connectivity index is 1.98. The zero-order valence-corrected chi connectivity index (χ0v) is 8.20. The van der Waals surface area contributed by atoms with Crippen LogP contribution in [-0.4, -0.2) is 12.7 Å². The van der Waals surface area contributed by atoms with E-state index in [0.29, 0.717) is 12.0 Å². The Morgan fingerprint density at radius 3 is 2.27 bits per heavy atom. The van der Waals surface area contributed by atoms with Crippen LogP contribution in [0.3, 0.4) is 0 Å². The fourth-order valence-corrected chi connectivity index (χ4v) is 1.86. The zero-order chi connectivity index (χ0) is 10.8. The summed E-state index contributed by atoms with van der Waals surface area (Å²) in [4.78, 5) is 0. The van der Waals surface area contributed by atoms with Gasteiger partial charge in [-0.1, -0.05) is 12.1 Å². The van der Waals surface area contributed by atoms with Crippen molar-refractivity contribution in [1.29, 1.82) is 0 Å². The number of halogens is 2. The van der Waals surface area contributed by atoms with E-state index in [0.717, 1.165) is 18.4 Å². The van der Waals surface area contributed by atoms with Gasteiger partial charge in [0.15, 0.2) is 0 Å². The molecule has 0 bridgehead atoms. The molecule has 2 nitrogen and oxygen atoms in total. The molecule has 1 saturated carbocycles. The molecule has 0 unspecified atom stereocenters. The van der Waals surface area contributed by atoms with Crippen LogP contribution in [0.2, 0.25) is 0 Å². The molecule has 4 heteroatoms. The number of nitrogens with two attached hydrogens (primary N) is 1. The van der Waals surface area contributed by atoms with Crippen molar-refractivity contribution >= 4 is 0 Å². The van der Waals surface area contributed by atoms with Crippen LogP contribution >= 0.6 is 0 Å². The number of hydrogen-bond acceptors (Lipinski definition) is 2. The third-order valence-corrected chi connectivity index (χ3v) is 2.75. The molecular formula is C11H13F2NO. The van der Waals surface area contributed by atoms with Gasteiger partial charge >= 0.3 is 6.61 Å². The molecule has 1 aliphatic rings. The van der Waals surface area contributed by atoms with E-state index < -0.39 is 6.61 Å². The van der Waals surface area contributed by atoms with Crippen molar-refractivity contribution in [3.05, 3.63) is 29.8 Å². The minimum absolute atomic E-state index is 0.206. The van der Waals surface area contributed by atoms with Crippen LogP contribution in [0.15, 0.2) is 24.3 Å². The fourth-order valence-electron chi connectivity index (χ4n) is 1.86. The van der Waals surface area contributed by atoms with Gasteiger partial charge in [0.25, 0.3) is 0 Å². The molecule has 0 spiro atoms. The SMILES string of the molecule is NC1CC(c2ccc(OC(F)F)cc2)C1. The fraction of sp³-hybridized carbons (Fsp3) is 0.455. The smallest absolute Gasteiger partial charge is 0.387 e. The molecule has 2 rings (SSSR count). The van der Waals surface area contributed by atoms with Crippen LogP contribution in [0.4, 0.5) is 8.78 Å². The van der Waals surface area contributed by atoms with Gasteiger partial charge in [-0.05, 0) is 36.5 Å². The summed E-state index contributed by atoms with van der Waals surface area (Å²) in [7, 11) is 0. The maximum Gasteiger partial charge on any atom is 0.387 e. The van der Waals surface area contributed by atoms with Crippen molar-refractivity contribution in [3.63, 3.8) is 0 Å². The summed E-state index contributed by atoms with van der Waals surface area (Å²) in [6.07, 6.45) is 1.96. The lowest BCUT2D eigenvalue weighted by molar-refractivity contribution is -0.0498. The molecule has 2 N–H and O–H groups in total. The van der Waals surface area contributed by atoms with Crippen molar-refractivity contribution in [2.75, 3.05) is 0 Å². The highest BCUT2D eigenvalue weighted by Crippen LogP contribution is 2.36. The lowest BCUT2D eigenvalue weighted by atomic mass is 9.76. The second-order valence-corrected chi connectivity index (χ2v) is 3.88. The van der Waals surface area contributed by atoms with Crippen LogP contribution in [-0.2, 0) is 0 Å². The molecule has 1 aromatic carbocycles. The van der Waals surface area contributed by atoms with Gasteiger partial charge in [0.2, 0.25) is 0 Å². The Kier molecular flexibility index (Phi) is 2.86. The van der Waals surface area contributed by atoms with Crippen molar-refractivity contribution in [1.82, 2.24) is 0 Å². The third kappa shape index (κ3) is 2.45. The van der Waals surface area contributed by atoms with Crippen molar-refractivity contribution in [2.45, 2.75) is 31.4 Å². The molecule has 0 amide bonds. The molecule has 0 radical (unpaired) electrons. The molecule has 0 heterocycles. The first-order valence-corrected chi connectivity index (χ1v) is 4.95. The number of alkyl halides is 2.